The predicted molar refractivity (Wildman–Crippen MR) is 107 cm³/mol. The summed E-state index contributed by atoms with van der Waals surface area (Å²) in [7, 11) is 0. The smallest absolute Gasteiger partial charge is 0.350 e. The summed E-state index contributed by atoms with van der Waals surface area (Å²) in [5.41, 5.74) is 0.547. The van der Waals surface area contributed by atoms with Crippen LogP contribution in [0.5, 0.6) is 0 Å². The maximum Gasteiger partial charge on any atom is 0.350 e. The van der Waals surface area contributed by atoms with Crippen molar-refractivity contribution in [2.24, 2.45) is 0 Å². The zero-order valence-corrected chi connectivity index (χ0v) is 17.9. The molecule has 0 aliphatic carbocycles. The Morgan fingerprint density at radius 3 is 2.67 bits per heavy atom. The maximum atomic E-state index is 12.3. The molecule has 2 aromatic heterocycles. The average molecular weight is 412 g/mol. The Bertz CT molecular complexity index is 801. The summed E-state index contributed by atoms with van der Waals surface area (Å²) in [4.78, 5) is 28.8. The average Bonchev–Trinajstić information content (AvgIpc) is 3.17. The maximum absolute atomic E-state index is 12.3. The number of aromatic nitrogens is 4. The van der Waals surface area contributed by atoms with Gasteiger partial charge in [-0.05, 0) is 20.3 Å². The van der Waals surface area contributed by atoms with Gasteiger partial charge in [-0.3, -0.25) is 4.79 Å². The van der Waals surface area contributed by atoms with Gasteiger partial charge in [-0.1, -0.05) is 43.9 Å². The summed E-state index contributed by atoms with van der Waals surface area (Å²) in [5.74, 6) is 0.756. The molecule has 148 valence electrons. The van der Waals surface area contributed by atoms with Crippen molar-refractivity contribution < 1.29 is 14.3 Å². The van der Waals surface area contributed by atoms with Gasteiger partial charge in [0.1, 0.15) is 10.7 Å². The first-order valence-corrected chi connectivity index (χ1v) is 10.7. The van der Waals surface area contributed by atoms with E-state index in [1.54, 1.807) is 13.8 Å². The van der Waals surface area contributed by atoms with Crippen LogP contribution in [0.1, 0.15) is 61.2 Å². The number of esters is 1. The molecular weight excluding hydrogens is 386 g/mol. The number of hydrogen-bond donors (Lipinski definition) is 1. The fourth-order valence-corrected chi connectivity index (χ4v) is 4.04. The van der Waals surface area contributed by atoms with Crippen molar-refractivity contribution >= 4 is 40.1 Å². The third-order valence-corrected chi connectivity index (χ3v) is 5.56. The lowest BCUT2D eigenvalue weighted by molar-refractivity contribution is -0.113. The van der Waals surface area contributed by atoms with E-state index >= 15 is 0 Å². The highest BCUT2D eigenvalue weighted by molar-refractivity contribution is 7.99. The predicted octanol–water partition coefficient (Wildman–Crippen LogP) is 3.48. The van der Waals surface area contributed by atoms with E-state index in [1.807, 2.05) is 0 Å². The van der Waals surface area contributed by atoms with E-state index in [4.69, 9.17) is 4.74 Å². The molecule has 2 heterocycles. The van der Waals surface area contributed by atoms with Crippen LogP contribution in [0.15, 0.2) is 5.16 Å². The number of nitrogens with one attached hydrogen (secondary N) is 1. The highest BCUT2D eigenvalue weighted by Crippen LogP contribution is 2.25. The first kappa shape index (κ1) is 21.4. The Hall–Kier alpha value is -1.94. The molecule has 8 nitrogen and oxygen atoms in total. The monoisotopic (exact) mass is 411 g/mol. The Morgan fingerprint density at radius 1 is 1.30 bits per heavy atom. The molecule has 0 atom stereocenters. The number of hydrogen-bond acceptors (Lipinski definition) is 8. The molecule has 2 rings (SSSR count). The molecular formula is C17H25N5O3S2. The molecule has 0 saturated heterocycles. The van der Waals surface area contributed by atoms with E-state index in [0.29, 0.717) is 22.3 Å². The summed E-state index contributed by atoms with van der Waals surface area (Å²) >= 11 is 2.46. The van der Waals surface area contributed by atoms with Gasteiger partial charge in [0.05, 0.1) is 18.1 Å². The van der Waals surface area contributed by atoms with E-state index in [-0.39, 0.29) is 17.6 Å². The first-order valence-electron chi connectivity index (χ1n) is 8.87. The Kier molecular flexibility index (Phi) is 7.78. The van der Waals surface area contributed by atoms with Crippen molar-refractivity contribution in [1.29, 1.82) is 0 Å². The molecule has 0 fully saturated rings. The molecule has 0 aliphatic rings. The van der Waals surface area contributed by atoms with Crippen LogP contribution < -0.4 is 5.32 Å². The molecule has 27 heavy (non-hydrogen) atoms. The van der Waals surface area contributed by atoms with Gasteiger partial charge in [-0.25, -0.2) is 9.78 Å². The van der Waals surface area contributed by atoms with Gasteiger partial charge in [0.15, 0.2) is 10.3 Å². The zero-order chi connectivity index (χ0) is 20.0. The number of amides is 1. The Balaban J connectivity index is 1.99. The normalized spacial score (nSPS) is 11.0. The number of ether oxygens (including phenoxy) is 1. The molecule has 10 heteroatoms. The van der Waals surface area contributed by atoms with Gasteiger partial charge in [-0.15, -0.1) is 10.2 Å². The number of carbonyl (C=O) groups is 2. The van der Waals surface area contributed by atoms with Crippen LogP contribution in [0.3, 0.4) is 0 Å². The quantitative estimate of drug-likeness (QED) is 0.498. The molecule has 0 aromatic carbocycles. The second-order valence-electron chi connectivity index (χ2n) is 6.14. The van der Waals surface area contributed by atoms with Crippen molar-refractivity contribution in [2.45, 2.75) is 58.7 Å². The SMILES string of the molecule is CCCn1c(SCC(=O)Nc2nc(C)c(C(=O)OCC)s2)nnc1C(C)C. The molecule has 0 bridgehead atoms. The molecule has 0 unspecified atom stereocenters. The summed E-state index contributed by atoms with van der Waals surface area (Å²) in [6.07, 6.45) is 0.965. The lowest BCUT2D eigenvalue weighted by Crippen LogP contribution is -2.15. The fourth-order valence-electron chi connectivity index (χ4n) is 2.39. The van der Waals surface area contributed by atoms with Crippen LogP contribution in [0.25, 0.3) is 0 Å². The third kappa shape index (κ3) is 5.52. The highest BCUT2D eigenvalue weighted by atomic mass is 32.2. The van der Waals surface area contributed by atoms with Crippen LogP contribution in [-0.4, -0.2) is 44.0 Å². The fraction of sp³-hybridized carbons (Fsp3) is 0.588. The van der Waals surface area contributed by atoms with Crippen molar-refractivity contribution in [3.63, 3.8) is 0 Å². The minimum Gasteiger partial charge on any atom is -0.462 e. The van der Waals surface area contributed by atoms with E-state index in [9.17, 15) is 9.59 Å². The van der Waals surface area contributed by atoms with Gasteiger partial charge in [0.25, 0.3) is 0 Å². The summed E-state index contributed by atoms with van der Waals surface area (Å²) in [5, 5.41) is 12.3. The largest absolute Gasteiger partial charge is 0.462 e. The van der Waals surface area contributed by atoms with Gasteiger partial charge < -0.3 is 14.6 Å². The van der Waals surface area contributed by atoms with Gasteiger partial charge in [0, 0.05) is 12.5 Å². The third-order valence-electron chi connectivity index (χ3n) is 3.55. The minimum atomic E-state index is -0.420. The van der Waals surface area contributed by atoms with Gasteiger partial charge >= 0.3 is 5.97 Å². The van der Waals surface area contributed by atoms with Crippen LogP contribution in [0.2, 0.25) is 0 Å². The number of anilines is 1. The molecule has 2 aromatic rings. The molecule has 1 N–H and O–H groups in total. The second kappa shape index (κ2) is 9.84. The highest BCUT2D eigenvalue weighted by Gasteiger charge is 2.19. The van der Waals surface area contributed by atoms with Gasteiger partial charge in [0.2, 0.25) is 5.91 Å². The summed E-state index contributed by atoms with van der Waals surface area (Å²) < 4.78 is 7.05. The minimum absolute atomic E-state index is 0.188. The summed E-state index contributed by atoms with van der Waals surface area (Å²) in [6, 6.07) is 0. The standard InChI is InChI=1S/C17H25N5O3S2/c1-6-8-22-14(10(3)4)20-21-17(22)26-9-12(23)19-16-18-11(5)13(27-16)15(24)25-7-2/h10H,6-9H2,1-5H3,(H,18,19,23). The van der Waals surface area contributed by atoms with E-state index < -0.39 is 5.97 Å². The number of rotatable bonds is 9. The molecule has 0 saturated carbocycles. The van der Waals surface area contributed by atoms with E-state index in [0.717, 1.165) is 35.3 Å². The molecule has 0 aliphatic heterocycles. The number of carbonyl (C=O) groups excluding carboxylic acids is 2. The number of thiazole rings is 1. The molecule has 1 amide bonds. The van der Waals surface area contributed by atoms with Gasteiger partial charge in [-0.2, -0.15) is 0 Å². The zero-order valence-electron chi connectivity index (χ0n) is 16.2. The summed E-state index contributed by atoms with van der Waals surface area (Å²) in [6.45, 7) is 10.8. The molecule has 0 spiro atoms. The Labute approximate surface area is 167 Å². The van der Waals surface area contributed by atoms with Crippen molar-refractivity contribution in [1.82, 2.24) is 19.7 Å². The van der Waals surface area contributed by atoms with E-state index in [2.05, 4.69) is 45.8 Å². The van der Waals surface area contributed by atoms with Crippen LogP contribution in [0.4, 0.5) is 5.13 Å². The number of aryl methyl sites for hydroxylation is 1. The molecule has 0 radical (unpaired) electrons. The topological polar surface area (TPSA) is 99.0 Å². The van der Waals surface area contributed by atoms with Crippen molar-refractivity contribution in [3.05, 3.63) is 16.4 Å². The lowest BCUT2D eigenvalue weighted by Gasteiger charge is -2.10. The van der Waals surface area contributed by atoms with Crippen LogP contribution in [0, 0.1) is 6.92 Å². The van der Waals surface area contributed by atoms with Crippen LogP contribution >= 0.6 is 23.1 Å². The first-order chi connectivity index (χ1) is 12.9. The number of thioether (sulfide) groups is 1. The Morgan fingerprint density at radius 2 is 2.04 bits per heavy atom. The van der Waals surface area contributed by atoms with Crippen molar-refractivity contribution in [2.75, 3.05) is 17.7 Å². The van der Waals surface area contributed by atoms with Crippen molar-refractivity contribution in [3.8, 4) is 0 Å². The van der Waals surface area contributed by atoms with E-state index in [1.165, 1.54) is 11.8 Å². The lowest BCUT2D eigenvalue weighted by atomic mass is 10.2. The second-order valence-corrected chi connectivity index (χ2v) is 8.08. The van der Waals surface area contributed by atoms with Crippen LogP contribution in [-0.2, 0) is 16.1 Å². The number of nitrogens with zero attached hydrogens (tertiary/aromatic N) is 4.